The van der Waals surface area contributed by atoms with Gasteiger partial charge in [-0.05, 0) is 85.0 Å². The number of carbonyl (C=O) groups excluding carboxylic acids is 2. The van der Waals surface area contributed by atoms with Crippen LogP contribution in [0, 0.1) is 13.8 Å². The minimum absolute atomic E-state index is 0.00325. The zero-order chi connectivity index (χ0) is 26.6. The van der Waals surface area contributed by atoms with E-state index in [2.05, 4.69) is 57.8 Å². The molecule has 11 heteroatoms. The van der Waals surface area contributed by atoms with E-state index in [1.165, 1.54) is 27.8 Å². The van der Waals surface area contributed by atoms with Crippen LogP contribution >= 0.6 is 11.6 Å². The summed E-state index contributed by atoms with van der Waals surface area (Å²) in [6.45, 7) is 6.45. The molecule has 0 unspecified atom stereocenters. The summed E-state index contributed by atoms with van der Waals surface area (Å²) >= 11 is 6.55. The number of benzene rings is 2. The third-order valence-electron chi connectivity index (χ3n) is 7.02. The Hall–Kier alpha value is -3.66. The van der Waals surface area contributed by atoms with Gasteiger partial charge in [0.2, 0.25) is 11.8 Å². The van der Waals surface area contributed by atoms with E-state index in [0.29, 0.717) is 29.4 Å². The summed E-state index contributed by atoms with van der Waals surface area (Å²) in [5.74, 6) is 0.164. The van der Waals surface area contributed by atoms with Gasteiger partial charge in [0.05, 0.1) is 11.6 Å². The number of tetrazole rings is 1. The Morgan fingerprint density at radius 1 is 1.08 bits per heavy atom. The number of hydrogen-bond donors (Lipinski definition) is 1. The second-order valence-corrected chi connectivity index (χ2v) is 10.5. The van der Waals surface area contributed by atoms with Gasteiger partial charge < -0.3 is 19.9 Å². The lowest BCUT2D eigenvalue weighted by Gasteiger charge is -2.34. The molecule has 200 valence electrons. The van der Waals surface area contributed by atoms with Crippen molar-refractivity contribution in [3.05, 3.63) is 58.9 Å². The molecule has 1 aromatic heterocycles. The van der Waals surface area contributed by atoms with E-state index in [4.69, 9.17) is 16.3 Å². The third kappa shape index (κ3) is 6.07. The Kier molecular flexibility index (Phi) is 7.78. The molecule has 10 nitrogen and oxygen atoms in total. The van der Waals surface area contributed by atoms with Gasteiger partial charge in [-0.1, -0.05) is 17.7 Å². The lowest BCUT2D eigenvalue weighted by molar-refractivity contribution is -0.141. The molecular formula is C27H32ClN7O3. The summed E-state index contributed by atoms with van der Waals surface area (Å²) < 4.78 is 7.59. The monoisotopic (exact) mass is 537 g/mol. The average Bonchev–Trinajstić information content (AvgIpc) is 3.57. The van der Waals surface area contributed by atoms with Crippen LogP contribution in [0.5, 0.6) is 5.75 Å². The number of ether oxygens (including phenoxy) is 1. The van der Waals surface area contributed by atoms with Crippen molar-refractivity contribution in [2.75, 3.05) is 29.9 Å². The molecule has 2 amide bonds. The molecule has 0 spiro atoms. The van der Waals surface area contributed by atoms with E-state index >= 15 is 0 Å². The summed E-state index contributed by atoms with van der Waals surface area (Å²) in [6, 6.07) is 11.3. The van der Waals surface area contributed by atoms with Crippen molar-refractivity contribution in [2.45, 2.75) is 58.2 Å². The molecule has 2 saturated heterocycles. The molecule has 2 fully saturated rings. The van der Waals surface area contributed by atoms with Crippen molar-refractivity contribution in [1.82, 2.24) is 25.1 Å². The first-order valence-electron chi connectivity index (χ1n) is 13.0. The molecule has 1 N–H and O–H groups in total. The van der Waals surface area contributed by atoms with Gasteiger partial charge in [0.25, 0.3) is 0 Å². The molecular weight excluding hydrogens is 506 g/mol. The molecule has 2 atom stereocenters. The normalized spacial score (nSPS) is 19.4. The molecule has 3 heterocycles. The number of likely N-dealkylation sites (tertiary alicyclic amines) is 1. The topological polar surface area (TPSA) is 105 Å². The largest absolute Gasteiger partial charge is 0.487 e. The molecule has 3 aromatic rings. The number of aromatic nitrogens is 4. The van der Waals surface area contributed by atoms with Crippen molar-refractivity contribution in [1.29, 1.82) is 0 Å². The number of halogens is 1. The third-order valence-corrected chi connectivity index (χ3v) is 7.32. The Morgan fingerprint density at radius 3 is 2.63 bits per heavy atom. The second-order valence-electron chi connectivity index (χ2n) is 10.1. The molecule has 2 aliphatic rings. The number of nitrogens with one attached hydrogen (secondary N) is 1. The highest BCUT2D eigenvalue weighted by molar-refractivity contribution is 6.32. The predicted molar refractivity (Wildman–Crippen MR) is 144 cm³/mol. The highest BCUT2D eigenvalue weighted by atomic mass is 35.5. The van der Waals surface area contributed by atoms with Crippen molar-refractivity contribution in [3.63, 3.8) is 0 Å². The van der Waals surface area contributed by atoms with Crippen molar-refractivity contribution >= 4 is 34.8 Å². The quantitative estimate of drug-likeness (QED) is 0.490. The smallest absolute Gasteiger partial charge is 0.247 e. The molecule has 0 radical (unpaired) electrons. The molecule has 5 rings (SSSR count). The highest BCUT2D eigenvalue weighted by Gasteiger charge is 2.32. The molecule has 2 aromatic carbocycles. The Morgan fingerprint density at radius 2 is 1.89 bits per heavy atom. The van der Waals surface area contributed by atoms with Crippen LogP contribution in [0.1, 0.15) is 36.8 Å². The van der Waals surface area contributed by atoms with E-state index in [1.54, 1.807) is 23.1 Å². The first kappa shape index (κ1) is 26.0. The molecule has 38 heavy (non-hydrogen) atoms. The van der Waals surface area contributed by atoms with Gasteiger partial charge in [-0.15, -0.1) is 5.10 Å². The zero-order valence-electron chi connectivity index (χ0n) is 21.6. The fourth-order valence-electron chi connectivity index (χ4n) is 5.26. The van der Waals surface area contributed by atoms with Crippen molar-refractivity contribution in [2.24, 2.45) is 0 Å². The van der Waals surface area contributed by atoms with E-state index in [1.807, 2.05) is 0 Å². The molecule has 0 saturated carbocycles. The van der Waals surface area contributed by atoms with Gasteiger partial charge in [-0.3, -0.25) is 9.59 Å². The van der Waals surface area contributed by atoms with Gasteiger partial charge in [0, 0.05) is 30.9 Å². The number of nitrogens with zero attached hydrogens (tertiary/aromatic N) is 6. The predicted octanol–water partition coefficient (Wildman–Crippen LogP) is 3.62. The van der Waals surface area contributed by atoms with Crippen LogP contribution in [-0.4, -0.2) is 68.7 Å². The maximum Gasteiger partial charge on any atom is 0.247 e. The Labute approximate surface area is 226 Å². The van der Waals surface area contributed by atoms with E-state index in [9.17, 15) is 9.59 Å². The number of anilines is 2. The first-order chi connectivity index (χ1) is 18.4. The minimum atomic E-state index is -0.558. The summed E-state index contributed by atoms with van der Waals surface area (Å²) in [4.78, 5) is 29.9. The van der Waals surface area contributed by atoms with Gasteiger partial charge >= 0.3 is 0 Å². The van der Waals surface area contributed by atoms with Crippen LogP contribution in [0.4, 0.5) is 11.4 Å². The Balaban J connectivity index is 1.19. The van der Waals surface area contributed by atoms with Crippen molar-refractivity contribution < 1.29 is 14.3 Å². The number of aryl methyl sites for hydroxylation is 2. The average molecular weight is 538 g/mol. The molecule has 2 aliphatic heterocycles. The van der Waals surface area contributed by atoms with E-state index < -0.39 is 6.04 Å². The fraction of sp³-hybridized carbons (Fsp3) is 0.444. The molecule has 0 bridgehead atoms. The van der Waals surface area contributed by atoms with Gasteiger partial charge in [0.1, 0.15) is 30.8 Å². The first-order valence-corrected chi connectivity index (χ1v) is 13.3. The van der Waals surface area contributed by atoms with Gasteiger partial charge in [-0.25, -0.2) is 4.68 Å². The molecule has 0 aliphatic carbocycles. The SMILES string of the molecule is Cc1cc(C)cc(N2CC[C@H](Oc3ccc(NC(=O)[C@H]4CCCCN4C(=O)Cn4cnnn4)cc3Cl)C2)c1. The number of amides is 2. The maximum atomic E-state index is 13.1. The van der Waals surface area contributed by atoms with Crippen LogP contribution < -0.4 is 15.0 Å². The van der Waals surface area contributed by atoms with Crippen LogP contribution in [0.3, 0.4) is 0 Å². The van der Waals surface area contributed by atoms with Gasteiger partial charge in [0.15, 0.2) is 0 Å². The van der Waals surface area contributed by atoms with Gasteiger partial charge in [-0.2, -0.15) is 0 Å². The lowest BCUT2D eigenvalue weighted by Crippen LogP contribution is -2.51. The summed E-state index contributed by atoms with van der Waals surface area (Å²) in [7, 11) is 0. The second kappa shape index (κ2) is 11.4. The maximum absolute atomic E-state index is 13.1. The highest BCUT2D eigenvalue weighted by Crippen LogP contribution is 2.32. The zero-order valence-corrected chi connectivity index (χ0v) is 22.4. The number of hydrogen-bond acceptors (Lipinski definition) is 7. The van der Waals surface area contributed by atoms with E-state index in [0.717, 1.165) is 32.4 Å². The van der Waals surface area contributed by atoms with E-state index in [-0.39, 0.29) is 24.5 Å². The summed E-state index contributed by atoms with van der Waals surface area (Å²) in [6.07, 6.45) is 4.63. The van der Waals surface area contributed by atoms with Crippen LogP contribution in [-0.2, 0) is 16.1 Å². The number of piperidine rings is 1. The lowest BCUT2D eigenvalue weighted by atomic mass is 10.0. The summed E-state index contributed by atoms with van der Waals surface area (Å²) in [5.41, 5.74) is 4.27. The fourth-order valence-corrected chi connectivity index (χ4v) is 5.48. The van der Waals surface area contributed by atoms with Crippen LogP contribution in [0.15, 0.2) is 42.7 Å². The summed E-state index contributed by atoms with van der Waals surface area (Å²) in [5, 5.41) is 14.2. The standard InChI is InChI=1S/C27H32ClN7O3/c1-18-11-19(2)13-21(12-18)33-10-8-22(15-33)38-25-7-6-20(14-23(25)28)30-27(37)24-5-3-4-9-35(24)26(36)16-34-17-29-31-32-34/h6-7,11-14,17,22,24H,3-5,8-10,15-16H2,1-2H3,(H,30,37)/t22-,24+/m0/s1. The minimum Gasteiger partial charge on any atom is -0.487 e. The number of carbonyl (C=O) groups is 2. The van der Waals surface area contributed by atoms with Crippen molar-refractivity contribution in [3.8, 4) is 5.75 Å². The van der Waals surface area contributed by atoms with Crippen LogP contribution in [0.2, 0.25) is 5.02 Å². The Bertz CT molecular complexity index is 1280. The van der Waals surface area contributed by atoms with Crippen LogP contribution in [0.25, 0.3) is 0 Å². The number of rotatable bonds is 7.